The van der Waals surface area contributed by atoms with Crippen molar-refractivity contribution < 1.29 is 4.79 Å². The van der Waals surface area contributed by atoms with Gasteiger partial charge in [0.25, 0.3) is 5.56 Å². The highest BCUT2D eigenvalue weighted by molar-refractivity contribution is 8.00. The Bertz CT molecular complexity index is 1050. The van der Waals surface area contributed by atoms with Gasteiger partial charge in [-0.3, -0.25) is 14.2 Å². The van der Waals surface area contributed by atoms with Gasteiger partial charge in [0.1, 0.15) is 0 Å². The van der Waals surface area contributed by atoms with Crippen molar-refractivity contribution in [3.63, 3.8) is 0 Å². The molecule has 3 rings (SSSR count). The molecule has 5 nitrogen and oxygen atoms in total. The van der Waals surface area contributed by atoms with E-state index in [-0.39, 0.29) is 22.8 Å². The van der Waals surface area contributed by atoms with Crippen molar-refractivity contribution >= 4 is 17.7 Å². The molecule has 0 aliphatic carbocycles. The lowest BCUT2D eigenvalue weighted by Gasteiger charge is -2.23. The van der Waals surface area contributed by atoms with Gasteiger partial charge in [-0.15, -0.1) is 0 Å². The van der Waals surface area contributed by atoms with E-state index in [0.717, 1.165) is 12.0 Å². The molecule has 0 bridgehead atoms. The Morgan fingerprint density at radius 2 is 1.74 bits per heavy atom. The molecule has 0 spiro atoms. The van der Waals surface area contributed by atoms with Gasteiger partial charge in [-0.25, -0.2) is 4.98 Å². The highest BCUT2D eigenvalue weighted by Gasteiger charge is 2.24. The van der Waals surface area contributed by atoms with Crippen LogP contribution in [0.1, 0.15) is 42.6 Å². The van der Waals surface area contributed by atoms with E-state index in [2.05, 4.69) is 29.4 Å². The molecule has 162 valence electrons. The monoisotopic (exact) mass is 435 g/mol. The molecule has 0 fully saturated rings. The van der Waals surface area contributed by atoms with Crippen LogP contribution < -0.4 is 10.9 Å². The summed E-state index contributed by atoms with van der Waals surface area (Å²) in [7, 11) is 1.69. The zero-order valence-electron chi connectivity index (χ0n) is 18.2. The van der Waals surface area contributed by atoms with Crippen LogP contribution in [0.15, 0.2) is 76.7 Å². The summed E-state index contributed by atoms with van der Waals surface area (Å²) < 4.78 is 1.51. The number of hydrogen-bond acceptors (Lipinski definition) is 4. The van der Waals surface area contributed by atoms with E-state index in [1.807, 2.05) is 48.5 Å². The fourth-order valence-electron chi connectivity index (χ4n) is 3.42. The lowest BCUT2D eigenvalue weighted by Crippen LogP contribution is -2.37. The molecular weight excluding hydrogens is 406 g/mol. The number of carbonyl (C=O) groups excluding carboxylic acids is 1. The number of hydrogen-bond donors (Lipinski definition) is 1. The van der Waals surface area contributed by atoms with Crippen LogP contribution >= 0.6 is 11.8 Å². The van der Waals surface area contributed by atoms with Gasteiger partial charge in [-0.1, -0.05) is 85.8 Å². The molecule has 0 aliphatic rings. The lowest BCUT2D eigenvalue weighted by molar-refractivity contribution is -0.121. The van der Waals surface area contributed by atoms with Gasteiger partial charge in [0.05, 0.1) is 11.3 Å². The maximum atomic E-state index is 13.3. The average Bonchev–Trinajstić information content (AvgIpc) is 2.77. The van der Waals surface area contributed by atoms with E-state index >= 15 is 0 Å². The summed E-state index contributed by atoms with van der Waals surface area (Å²) >= 11 is 1.36. The number of thioether (sulfide) groups is 1. The van der Waals surface area contributed by atoms with E-state index in [1.54, 1.807) is 14.0 Å². The highest BCUT2D eigenvalue weighted by atomic mass is 32.2. The Hall–Kier alpha value is -2.86. The smallest absolute Gasteiger partial charge is 0.254 e. The Morgan fingerprint density at radius 1 is 1.10 bits per heavy atom. The third-order valence-corrected chi connectivity index (χ3v) is 6.42. The number of amides is 1. The average molecular weight is 436 g/mol. The third-order valence-electron chi connectivity index (χ3n) is 5.11. The van der Waals surface area contributed by atoms with E-state index in [0.29, 0.717) is 23.7 Å². The number of nitrogens with zero attached hydrogens (tertiary/aromatic N) is 2. The van der Waals surface area contributed by atoms with Crippen LogP contribution in [0.4, 0.5) is 0 Å². The van der Waals surface area contributed by atoms with Gasteiger partial charge in [0.15, 0.2) is 5.16 Å². The molecule has 1 heterocycles. The molecule has 3 aromatic rings. The second-order valence-corrected chi connectivity index (χ2v) is 8.80. The van der Waals surface area contributed by atoms with Crippen molar-refractivity contribution in [3.05, 3.63) is 93.9 Å². The van der Waals surface area contributed by atoms with Gasteiger partial charge in [-0.05, 0) is 30.9 Å². The first-order chi connectivity index (χ1) is 15.0. The van der Waals surface area contributed by atoms with Crippen molar-refractivity contribution in [1.82, 2.24) is 14.9 Å². The van der Waals surface area contributed by atoms with Crippen LogP contribution in [0, 0.1) is 6.92 Å². The summed E-state index contributed by atoms with van der Waals surface area (Å²) in [6.07, 6.45) is 2.27. The summed E-state index contributed by atoms with van der Waals surface area (Å²) in [4.78, 5) is 30.0. The first kappa shape index (κ1) is 22.8. The molecule has 1 aromatic heterocycles. The van der Waals surface area contributed by atoms with E-state index in [1.165, 1.54) is 28.0 Å². The zero-order valence-corrected chi connectivity index (χ0v) is 19.1. The van der Waals surface area contributed by atoms with Crippen LogP contribution in [0.3, 0.4) is 0 Å². The quantitative estimate of drug-likeness (QED) is 0.398. The zero-order chi connectivity index (χ0) is 22.2. The fourth-order valence-corrected chi connectivity index (χ4v) is 4.65. The topological polar surface area (TPSA) is 64.0 Å². The van der Waals surface area contributed by atoms with Crippen molar-refractivity contribution in [3.8, 4) is 0 Å². The molecule has 0 saturated heterocycles. The minimum absolute atomic E-state index is 0.0348. The van der Waals surface area contributed by atoms with Crippen molar-refractivity contribution in [1.29, 1.82) is 0 Å². The molecular formula is C25H29N3O2S. The first-order valence-electron chi connectivity index (χ1n) is 10.6. The molecule has 0 saturated carbocycles. The van der Waals surface area contributed by atoms with Gasteiger partial charge >= 0.3 is 0 Å². The van der Waals surface area contributed by atoms with Gasteiger partial charge in [0, 0.05) is 18.8 Å². The van der Waals surface area contributed by atoms with Crippen LogP contribution in [0.2, 0.25) is 0 Å². The predicted octanol–water partition coefficient (Wildman–Crippen LogP) is 4.45. The summed E-state index contributed by atoms with van der Waals surface area (Å²) in [6, 6.07) is 21.6. The number of benzene rings is 2. The summed E-state index contributed by atoms with van der Waals surface area (Å²) in [5.41, 5.74) is 2.78. The SMILES string of the molecule is CCCC(Sc1nc(C)cc(=O)n1C)C(=O)NC(Cc1ccccc1)c1ccccc1. The molecule has 0 radical (unpaired) electrons. The second-order valence-electron chi connectivity index (χ2n) is 7.63. The predicted molar refractivity (Wildman–Crippen MR) is 126 cm³/mol. The summed E-state index contributed by atoms with van der Waals surface area (Å²) in [6.45, 7) is 3.85. The van der Waals surface area contributed by atoms with E-state index < -0.39 is 0 Å². The summed E-state index contributed by atoms with van der Waals surface area (Å²) in [5.74, 6) is -0.0348. The summed E-state index contributed by atoms with van der Waals surface area (Å²) in [5, 5.41) is 3.50. The van der Waals surface area contributed by atoms with Crippen LogP contribution in [0.5, 0.6) is 0 Å². The molecule has 2 atom stereocenters. The molecule has 6 heteroatoms. The maximum absolute atomic E-state index is 13.3. The number of aryl methyl sites for hydroxylation is 1. The molecule has 2 unspecified atom stereocenters. The van der Waals surface area contributed by atoms with Crippen LogP contribution in [0.25, 0.3) is 0 Å². The minimum Gasteiger partial charge on any atom is -0.348 e. The van der Waals surface area contributed by atoms with Crippen molar-refractivity contribution in [2.45, 2.75) is 49.6 Å². The van der Waals surface area contributed by atoms with Gasteiger partial charge in [0.2, 0.25) is 5.91 Å². The van der Waals surface area contributed by atoms with E-state index in [9.17, 15) is 9.59 Å². The Balaban J connectivity index is 1.83. The standard InChI is InChI=1S/C25H29N3O2S/c1-4-11-22(31-25-26-18(2)16-23(29)28(25)3)24(30)27-21(20-14-9-6-10-15-20)17-19-12-7-5-8-13-19/h5-10,12-16,21-22H,4,11,17H2,1-3H3,(H,27,30). The molecule has 0 aliphatic heterocycles. The van der Waals surface area contributed by atoms with Crippen LogP contribution in [-0.4, -0.2) is 20.7 Å². The minimum atomic E-state index is -0.327. The van der Waals surface area contributed by atoms with Gasteiger partial charge < -0.3 is 5.32 Å². The van der Waals surface area contributed by atoms with Crippen molar-refractivity contribution in [2.24, 2.45) is 7.05 Å². The number of aromatic nitrogens is 2. The van der Waals surface area contributed by atoms with E-state index in [4.69, 9.17) is 0 Å². The number of nitrogens with one attached hydrogen (secondary N) is 1. The lowest BCUT2D eigenvalue weighted by atomic mass is 9.98. The fraction of sp³-hybridized carbons (Fsp3) is 0.320. The van der Waals surface area contributed by atoms with Crippen molar-refractivity contribution in [2.75, 3.05) is 0 Å². The second kappa shape index (κ2) is 11.0. The normalized spacial score (nSPS) is 12.9. The molecule has 31 heavy (non-hydrogen) atoms. The first-order valence-corrected chi connectivity index (χ1v) is 11.5. The third kappa shape index (κ3) is 6.31. The number of carbonyl (C=O) groups is 1. The molecule has 1 amide bonds. The Labute approximate surface area is 187 Å². The molecule has 1 N–H and O–H groups in total. The Morgan fingerprint density at radius 3 is 2.39 bits per heavy atom. The highest BCUT2D eigenvalue weighted by Crippen LogP contribution is 2.26. The number of rotatable bonds is 9. The van der Waals surface area contributed by atoms with Gasteiger partial charge in [-0.2, -0.15) is 0 Å². The molecule has 2 aromatic carbocycles. The Kier molecular flexibility index (Phi) is 8.06. The van der Waals surface area contributed by atoms with Crippen LogP contribution in [-0.2, 0) is 18.3 Å². The largest absolute Gasteiger partial charge is 0.348 e. The maximum Gasteiger partial charge on any atom is 0.254 e.